The van der Waals surface area contributed by atoms with Crippen LogP contribution in [0.25, 0.3) is 11.3 Å². The van der Waals surface area contributed by atoms with Crippen molar-refractivity contribution in [2.75, 3.05) is 50.1 Å². The van der Waals surface area contributed by atoms with Gasteiger partial charge in [-0.3, -0.25) is 9.69 Å². The molecule has 1 amide bonds. The summed E-state index contributed by atoms with van der Waals surface area (Å²) in [5.41, 5.74) is 4.36. The number of methoxy groups -OCH3 is 1. The maximum atomic E-state index is 12.5. The molecule has 2 heterocycles. The smallest absolute Gasteiger partial charge is 0.240 e. The average Bonchev–Trinajstić information content (AvgIpc) is 3.23. The van der Waals surface area contributed by atoms with E-state index in [1.807, 2.05) is 17.5 Å². The van der Waals surface area contributed by atoms with Crippen LogP contribution >= 0.6 is 11.3 Å². The minimum absolute atomic E-state index is 0.0160. The summed E-state index contributed by atoms with van der Waals surface area (Å²) < 4.78 is 5.22. The first-order valence-electron chi connectivity index (χ1n) is 10.0. The van der Waals surface area contributed by atoms with Gasteiger partial charge >= 0.3 is 0 Å². The standard InChI is InChI=1S/C23H26N4O2S/c1-17-3-5-18(6-4-17)21-16-30-23(24-21)25-22(28)15-26-11-13-27(14-12-26)19-7-9-20(29-2)10-8-19/h3-10,16H,11-15H2,1-2H3,(H,24,25,28). The Morgan fingerprint density at radius 1 is 1.07 bits per heavy atom. The lowest BCUT2D eigenvalue weighted by Gasteiger charge is -2.35. The fourth-order valence-corrected chi connectivity index (χ4v) is 4.24. The van der Waals surface area contributed by atoms with Gasteiger partial charge < -0.3 is 15.0 Å². The van der Waals surface area contributed by atoms with E-state index in [0.29, 0.717) is 11.7 Å². The molecule has 0 unspecified atom stereocenters. The molecule has 0 spiro atoms. The number of carbonyl (C=O) groups is 1. The quantitative estimate of drug-likeness (QED) is 0.653. The van der Waals surface area contributed by atoms with Crippen LogP contribution in [0.4, 0.5) is 10.8 Å². The van der Waals surface area contributed by atoms with Crippen LogP contribution in [0.5, 0.6) is 5.75 Å². The van der Waals surface area contributed by atoms with E-state index in [2.05, 4.69) is 63.4 Å². The number of benzene rings is 2. The number of aromatic nitrogens is 1. The number of carbonyl (C=O) groups excluding carboxylic acids is 1. The van der Waals surface area contributed by atoms with E-state index in [9.17, 15) is 4.79 Å². The van der Waals surface area contributed by atoms with Crippen molar-refractivity contribution in [2.45, 2.75) is 6.92 Å². The predicted molar refractivity (Wildman–Crippen MR) is 123 cm³/mol. The van der Waals surface area contributed by atoms with Gasteiger partial charge in [0.25, 0.3) is 0 Å². The Balaban J connectivity index is 1.26. The highest BCUT2D eigenvalue weighted by Gasteiger charge is 2.20. The number of hydrogen-bond donors (Lipinski definition) is 1. The third-order valence-corrected chi connectivity index (χ3v) is 6.03. The average molecular weight is 423 g/mol. The first-order valence-corrected chi connectivity index (χ1v) is 10.9. The molecule has 30 heavy (non-hydrogen) atoms. The molecule has 4 rings (SSSR count). The number of amides is 1. The largest absolute Gasteiger partial charge is 0.497 e. The third-order valence-electron chi connectivity index (χ3n) is 5.27. The second-order valence-corrected chi connectivity index (χ2v) is 8.27. The molecule has 156 valence electrons. The number of rotatable bonds is 6. The van der Waals surface area contributed by atoms with E-state index >= 15 is 0 Å². The Labute approximate surface area is 181 Å². The molecule has 1 aromatic heterocycles. The van der Waals surface area contributed by atoms with Crippen LogP contribution in [0.3, 0.4) is 0 Å². The Kier molecular flexibility index (Phi) is 6.30. The minimum Gasteiger partial charge on any atom is -0.497 e. The van der Waals surface area contributed by atoms with Crippen LogP contribution in [0, 0.1) is 6.92 Å². The predicted octanol–water partition coefficient (Wildman–Crippen LogP) is 3.89. The molecule has 0 bridgehead atoms. The van der Waals surface area contributed by atoms with Gasteiger partial charge in [-0.1, -0.05) is 29.8 Å². The molecule has 3 aromatic rings. The lowest BCUT2D eigenvalue weighted by molar-refractivity contribution is -0.117. The highest BCUT2D eigenvalue weighted by atomic mass is 32.1. The highest BCUT2D eigenvalue weighted by Crippen LogP contribution is 2.25. The van der Waals surface area contributed by atoms with Crippen molar-refractivity contribution in [1.82, 2.24) is 9.88 Å². The van der Waals surface area contributed by atoms with Crippen molar-refractivity contribution in [3.05, 3.63) is 59.5 Å². The van der Waals surface area contributed by atoms with Crippen LogP contribution in [0.15, 0.2) is 53.9 Å². The van der Waals surface area contributed by atoms with E-state index in [-0.39, 0.29) is 5.91 Å². The molecule has 0 saturated carbocycles. The van der Waals surface area contributed by atoms with Gasteiger partial charge in [0.2, 0.25) is 5.91 Å². The van der Waals surface area contributed by atoms with E-state index in [1.165, 1.54) is 22.6 Å². The molecule has 1 N–H and O–H groups in total. The first-order chi connectivity index (χ1) is 14.6. The zero-order valence-electron chi connectivity index (χ0n) is 17.3. The number of anilines is 2. The number of nitrogens with zero attached hydrogens (tertiary/aromatic N) is 3. The molecular formula is C23H26N4O2S. The van der Waals surface area contributed by atoms with Crippen LogP contribution in [0.2, 0.25) is 0 Å². The lowest BCUT2D eigenvalue weighted by atomic mass is 10.1. The second kappa shape index (κ2) is 9.28. The van der Waals surface area contributed by atoms with Crippen molar-refractivity contribution < 1.29 is 9.53 Å². The Hall–Kier alpha value is -2.90. The molecule has 1 aliphatic rings. The van der Waals surface area contributed by atoms with Gasteiger partial charge in [-0.05, 0) is 31.2 Å². The van der Waals surface area contributed by atoms with Gasteiger partial charge in [0, 0.05) is 42.8 Å². The summed E-state index contributed by atoms with van der Waals surface area (Å²) in [6.45, 7) is 5.95. The number of ether oxygens (including phenoxy) is 1. The van der Waals surface area contributed by atoms with Gasteiger partial charge in [-0.15, -0.1) is 11.3 Å². The maximum absolute atomic E-state index is 12.5. The summed E-state index contributed by atoms with van der Waals surface area (Å²) in [6, 6.07) is 16.4. The van der Waals surface area contributed by atoms with Crippen molar-refractivity contribution in [3.8, 4) is 17.0 Å². The van der Waals surface area contributed by atoms with Gasteiger partial charge in [-0.25, -0.2) is 4.98 Å². The summed E-state index contributed by atoms with van der Waals surface area (Å²) in [7, 11) is 1.67. The number of aryl methyl sites for hydroxylation is 1. The van der Waals surface area contributed by atoms with Gasteiger partial charge in [0.05, 0.1) is 19.3 Å². The summed E-state index contributed by atoms with van der Waals surface area (Å²) >= 11 is 1.46. The molecule has 7 heteroatoms. The topological polar surface area (TPSA) is 57.7 Å². The number of thiazole rings is 1. The molecule has 0 radical (unpaired) electrons. The zero-order valence-corrected chi connectivity index (χ0v) is 18.1. The normalized spacial score (nSPS) is 14.5. The van der Waals surface area contributed by atoms with Gasteiger partial charge in [0.15, 0.2) is 5.13 Å². The number of hydrogen-bond acceptors (Lipinski definition) is 6. The fourth-order valence-electron chi connectivity index (χ4n) is 3.51. The van der Waals surface area contributed by atoms with Gasteiger partial charge in [0.1, 0.15) is 5.75 Å². The van der Waals surface area contributed by atoms with E-state index < -0.39 is 0 Å². The lowest BCUT2D eigenvalue weighted by Crippen LogP contribution is -2.48. The summed E-state index contributed by atoms with van der Waals surface area (Å²) in [5.74, 6) is 0.847. The minimum atomic E-state index is -0.0160. The highest BCUT2D eigenvalue weighted by molar-refractivity contribution is 7.14. The molecular weight excluding hydrogens is 396 g/mol. The van der Waals surface area contributed by atoms with E-state index in [1.54, 1.807) is 7.11 Å². The molecule has 0 atom stereocenters. The monoisotopic (exact) mass is 422 g/mol. The molecule has 1 fully saturated rings. The van der Waals surface area contributed by atoms with E-state index in [4.69, 9.17) is 4.74 Å². The summed E-state index contributed by atoms with van der Waals surface area (Å²) in [5, 5.41) is 5.57. The van der Waals surface area contributed by atoms with Crippen molar-refractivity contribution in [3.63, 3.8) is 0 Å². The Morgan fingerprint density at radius 2 is 1.77 bits per heavy atom. The van der Waals surface area contributed by atoms with Gasteiger partial charge in [-0.2, -0.15) is 0 Å². The number of nitrogens with one attached hydrogen (secondary N) is 1. The number of piperazine rings is 1. The molecule has 6 nitrogen and oxygen atoms in total. The third kappa shape index (κ3) is 4.98. The summed E-state index contributed by atoms with van der Waals surface area (Å²) in [4.78, 5) is 21.6. The van der Waals surface area contributed by atoms with Crippen molar-refractivity contribution in [2.24, 2.45) is 0 Å². The fraction of sp³-hybridized carbons (Fsp3) is 0.304. The summed E-state index contributed by atoms with van der Waals surface area (Å²) in [6.07, 6.45) is 0. The van der Waals surface area contributed by atoms with E-state index in [0.717, 1.165) is 43.2 Å². The molecule has 1 aliphatic heterocycles. The van der Waals surface area contributed by atoms with Crippen LogP contribution in [-0.4, -0.2) is 55.6 Å². The molecule has 2 aromatic carbocycles. The van der Waals surface area contributed by atoms with Crippen LogP contribution < -0.4 is 15.0 Å². The Bertz CT molecular complexity index is 977. The Morgan fingerprint density at radius 3 is 2.43 bits per heavy atom. The molecule has 1 saturated heterocycles. The van der Waals surface area contributed by atoms with Crippen molar-refractivity contribution in [1.29, 1.82) is 0 Å². The van der Waals surface area contributed by atoms with Crippen LogP contribution in [0.1, 0.15) is 5.56 Å². The zero-order chi connectivity index (χ0) is 20.9. The first kappa shape index (κ1) is 20.4. The van der Waals surface area contributed by atoms with Crippen molar-refractivity contribution >= 4 is 28.1 Å². The second-order valence-electron chi connectivity index (χ2n) is 7.41. The van der Waals surface area contributed by atoms with Crippen LogP contribution in [-0.2, 0) is 4.79 Å². The SMILES string of the molecule is COc1ccc(N2CCN(CC(=O)Nc3nc(-c4ccc(C)cc4)cs3)CC2)cc1. The molecule has 0 aliphatic carbocycles. The maximum Gasteiger partial charge on any atom is 0.240 e.